The van der Waals surface area contributed by atoms with Gasteiger partial charge in [-0.25, -0.2) is 4.39 Å². The molecule has 1 atom stereocenters. The van der Waals surface area contributed by atoms with Crippen LogP contribution in [0.15, 0.2) is 34.3 Å². The van der Waals surface area contributed by atoms with Crippen molar-refractivity contribution in [3.05, 3.63) is 40.1 Å². The number of amides is 1. The summed E-state index contributed by atoms with van der Waals surface area (Å²) in [6, 6.07) is 4.33. The molecule has 0 radical (unpaired) electrons. The molecule has 106 valence electrons. The van der Waals surface area contributed by atoms with Crippen LogP contribution >= 0.6 is 15.9 Å². The number of anilines is 1. The predicted octanol–water partition coefficient (Wildman–Crippen LogP) is 3.34. The first-order chi connectivity index (χ1) is 9.47. The summed E-state index contributed by atoms with van der Waals surface area (Å²) in [6.45, 7) is 0. The van der Waals surface area contributed by atoms with Gasteiger partial charge in [-0.2, -0.15) is 0 Å². The molecule has 1 aromatic carbocycles. The first kappa shape index (κ1) is 14.7. The zero-order valence-corrected chi connectivity index (χ0v) is 12.1. The van der Waals surface area contributed by atoms with Gasteiger partial charge in [0.25, 0.3) is 5.91 Å². The molecule has 0 fully saturated rings. The van der Waals surface area contributed by atoms with Crippen LogP contribution in [0.2, 0.25) is 0 Å². The second kappa shape index (κ2) is 6.17. The molecule has 0 heterocycles. The summed E-state index contributed by atoms with van der Waals surface area (Å²) in [6.07, 6.45) is 3.13. The number of hydrogen-bond acceptors (Lipinski definition) is 2. The lowest BCUT2D eigenvalue weighted by Gasteiger charge is -2.17. The molecule has 1 amide bonds. The molecule has 0 aromatic heterocycles. The van der Waals surface area contributed by atoms with Crippen LogP contribution in [-0.4, -0.2) is 17.0 Å². The van der Waals surface area contributed by atoms with Crippen LogP contribution < -0.4 is 5.32 Å². The molecule has 0 aliphatic heterocycles. The van der Waals surface area contributed by atoms with E-state index < -0.39 is 23.6 Å². The van der Waals surface area contributed by atoms with E-state index in [9.17, 15) is 14.0 Å². The van der Waals surface area contributed by atoms with E-state index in [1.165, 1.54) is 18.2 Å². The third kappa shape index (κ3) is 3.45. The van der Waals surface area contributed by atoms with Gasteiger partial charge in [-0.05, 0) is 37.5 Å². The Morgan fingerprint density at radius 2 is 2.15 bits per heavy atom. The van der Waals surface area contributed by atoms with Crippen molar-refractivity contribution in [2.24, 2.45) is 5.92 Å². The zero-order valence-electron chi connectivity index (χ0n) is 10.5. The fraction of sp³-hybridized carbons (Fsp3) is 0.286. The van der Waals surface area contributed by atoms with Gasteiger partial charge in [0.05, 0.1) is 11.6 Å². The van der Waals surface area contributed by atoms with Gasteiger partial charge >= 0.3 is 5.97 Å². The fourth-order valence-electron chi connectivity index (χ4n) is 2.10. The van der Waals surface area contributed by atoms with Crippen LogP contribution in [0.4, 0.5) is 10.1 Å². The van der Waals surface area contributed by atoms with E-state index >= 15 is 0 Å². The molecule has 2 rings (SSSR count). The monoisotopic (exact) mass is 341 g/mol. The molecule has 1 aliphatic carbocycles. The van der Waals surface area contributed by atoms with Crippen LogP contribution in [0.3, 0.4) is 0 Å². The minimum atomic E-state index is -0.940. The third-order valence-corrected chi connectivity index (χ3v) is 3.65. The lowest BCUT2D eigenvalue weighted by atomic mass is 9.90. The van der Waals surface area contributed by atoms with Crippen molar-refractivity contribution in [2.45, 2.75) is 19.3 Å². The summed E-state index contributed by atoms with van der Waals surface area (Å²) in [4.78, 5) is 23.0. The van der Waals surface area contributed by atoms with Gasteiger partial charge < -0.3 is 10.4 Å². The van der Waals surface area contributed by atoms with Crippen LogP contribution in [0.25, 0.3) is 0 Å². The van der Waals surface area contributed by atoms with Crippen molar-refractivity contribution in [1.82, 2.24) is 0 Å². The van der Waals surface area contributed by atoms with Crippen molar-refractivity contribution in [1.29, 1.82) is 0 Å². The molecule has 4 nitrogen and oxygen atoms in total. The molecule has 2 N–H and O–H groups in total. The maximum Gasteiger partial charge on any atom is 0.310 e. The third-order valence-electron chi connectivity index (χ3n) is 3.15. The molecule has 20 heavy (non-hydrogen) atoms. The molecule has 1 unspecified atom stereocenters. The Morgan fingerprint density at radius 1 is 1.40 bits per heavy atom. The summed E-state index contributed by atoms with van der Waals surface area (Å²) >= 11 is 3.13. The second-order valence-corrected chi connectivity index (χ2v) is 5.52. The number of carbonyl (C=O) groups is 2. The Kier molecular flexibility index (Phi) is 4.54. The molecule has 0 bridgehead atoms. The van der Waals surface area contributed by atoms with Crippen LogP contribution in [0.5, 0.6) is 0 Å². The SMILES string of the molecule is O=C(Nc1ccc(Br)cc1F)C1=CC(C(=O)O)CCC1. The van der Waals surface area contributed by atoms with E-state index in [2.05, 4.69) is 21.2 Å². The minimum Gasteiger partial charge on any atom is -0.481 e. The van der Waals surface area contributed by atoms with Gasteiger partial charge in [0.2, 0.25) is 0 Å². The Labute approximate surface area is 123 Å². The molecular formula is C14H13BrFNO3. The van der Waals surface area contributed by atoms with Gasteiger partial charge in [0.1, 0.15) is 5.82 Å². The Hall–Kier alpha value is -1.69. The van der Waals surface area contributed by atoms with Crippen molar-refractivity contribution in [2.75, 3.05) is 5.32 Å². The maximum atomic E-state index is 13.6. The van der Waals surface area contributed by atoms with Crippen LogP contribution in [0, 0.1) is 11.7 Å². The quantitative estimate of drug-likeness (QED) is 0.885. The number of carboxylic acid groups (broad SMARTS) is 1. The predicted molar refractivity (Wildman–Crippen MR) is 75.8 cm³/mol. The number of nitrogens with one attached hydrogen (secondary N) is 1. The highest BCUT2D eigenvalue weighted by Gasteiger charge is 2.23. The van der Waals surface area contributed by atoms with E-state index in [0.29, 0.717) is 29.3 Å². The number of aliphatic carboxylic acids is 1. The van der Waals surface area contributed by atoms with Gasteiger partial charge in [-0.15, -0.1) is 0 Å². The standard InChI is InChI=1S/C14H13BrFNO3/c15-10-4-5-12(11(16)7-10)17-13(18)8-2-1-3-9(6-8)14(19)20/h4-7,9H,1-3H2,(H,17,18)(H,19,20). The first-order valence-electron chi connectivity index (χ1n) is 6.17. The largest absolute Gasteiger partial charge is 0.481 e. The van der Waals surface area contributed by atoms with Gasteiger partial charge in [-0.3, -0.25) is 9.59 Å². The van der Waals surface area contributed by atoms with Crippen LogP contribution in [-0.2, 0) is 9.59 Å². The molecule has 1 aromatic rings. The molecule has 0 saturated heterocycles. The normalized spacial score (nSPS) is 18.3. The molecular weight excluding hydrogens is 329 g/mol. The second-order valence-electron chi connectivity index (χ2n) is 4.61. The number of halogens is 2. The van der Waals surface area contributed by atoms with Crippen molar-refractivity contribution >= 4 is 33.5 Å². The number of rotatable bonds is 3. The molecule has 0 saturated carbocycles. The average molecular weight is 342 g/mol. The van der Waals surface area contributed by atoms with Crippen LogP contribution in [0.1, 0.15) is 19.3 Å². The Bertz CT molecular complexity index is 586. The summed E-state index contributed by atoms with van der Waals surface area (Å²) in [5.74, 6) is -2.57. The summed E-state index contributed by atoms with van der Waals surface area (Å²) in [5, 5.41) is 11.4. The lowest BCUT2D eigenvalue weighted by molar-refractivity contribution is -0.140. The topological polar surface area (TPSA) is 66.4 Å². The highest BCUT2D eigenvalue weighted by molar-refractivity contribution is 9.10. The summed E-state index contributed by atoms with van der Waals surface area (Å²) in [7, 11) is 0. The Morgan fingerprint density at radius 3 is 2.80 bits per heavy atom. The average Bonchev–Trinajstić information content (AvgIpc) is 2.42. The van der Waals surface area contributed by atoms with E-state index in [1.807, 2.05) is 0 Å². The Balaban J connectivity index is 2.13. The highest BCUT2D eigenvalue weighted by atomic mass is 79.9. The van der Waals surface area contributed by atoms with Gasteiger partial charge in [0, 0.05) is 10.0 Å². The lowest BCUT2D eigenvalue weighted by Crippen LogP contribution is -2.22. The first-order valence-corrected chi connectivity index (χ1v) is 6.96. The van der Waals surface area contributed by atoms with E-state index in [0.717, 1.165) is 0 Å². The summed E-state index contributed by atoms with van der Waals surface area (Å²) in [5.41, 5.74) is 0.475. The molecule has 6 heteroatoms. The molecule has 0 spiro atoms. The summed E-state index contributed by atoms with van der Waals surface area (Å²) < 4.78 is 14.2. The van der Waals surface area contributed by atoms with E-state index in [4.69, 9.17) is 5.11 Å². The smallest absolute Gasteiger partial charge is 0.310 e. The van der Waals surface area contributed by atoms with Gasteiger partial charge in [-0.1, -0.05) is 22.0 Å². The van der Waals surface area contributed by atoms with Crippen molar-refractivity contribution in [3.63, 3.8) is 0 Å². The number of benzene rings is 1. The number of carbonyl (C=O) groups excluding carboxylic acids is 1. The van der Waals surface area contributed by atoms with E-state index in [-0.39, 0.29) is 5.69 Å². The fourth-order valence-corrected chi connectivity index (χ4v) is 2.43. The maximum absolute atomic E-state index is 13.6. The highest BCUT2D eigenvalue weighted by Crippen LogP contribution is 2.25. The van der Waals surface area contributed by atoms with Crippen molar-refractivity contribution in [3.8, 4) is 0 Å². The van der Waals surface area contributed by atoms with Crippen molar-refractivity contribution < 1.29 is 19.1 Å². The molecule has 1 aliphatic rings. The number of carboxylic acids is 1. The minimum absolute atomic E-state index is 0.0801. The number of hydrogen-bond donors (Lipinski definition) is 2. The van der Waals surface area contributed by atoms with Gasteiger partial charge in [0.15, 0.2) is 0 Å². The van der Waals surface area contributed by atoms with E-state index in [1.54, 1.807) is 6.07 Å². The zero-order chi connectivity index (χ0) is 14.7.